The highest BCUT2D eigenvalue weighted by molar-refractivity contribution is 6.06. The van der Waals surface area contributed by atoms with Gasteiger partial charge in [-0.25, -0.2) is 0 Å². The first-order valence-electron chi connectivity index (χ1n) is 7.84. The van der Waals surface area contributed by atoms with Crippen molar-refractivity contribution in [2.24, 2.45) is 0 Å². The molecule has 0 spiro atoms. The van der Waals surface area contributed by atoms with Crippen LogP contribution >= 0.6 is 0 Å². The van der Waals surface area contributed by atoms with E-state index in [1.807, 2.05) is 24.3 Å². The average molecular weight is 312 g/mol. The van der Waals surface area contributed by atoms with E-state index in [0.717, 1.165) is 18.5 Å². The van der Waals surface area contributed by atoms with Crippen molar-refractivity contribution < 1.29 is 9.90 Å². The van der Waals surface area contributed by atoms with E-state index >= 15 is 0 Å². The molecule has 1 amide bonds. The standard InChI is InChI=1S/C18H20N2O3/c1-13(21)11-19-12-15(8-9-17(19)22)18(23)20-10-4-6-14-5-2-3-7-16(14)20/h2-3,5,7-9,12-13,21H,4,6,10-11H2,1H3. The van der Waals surface area contributed by atoms with Gasteiger partial charge in [0.1, 0.15) is 0 Å². The van der Waals surface area contributed by atoms with Crippen molar-refractivity contribution >= 4 is 11.6 Å². The van der Waals surface area contributed by atoms with Crippen LogP contribution in [0.15, 0.2) is 47.4 Å². The third kappa shape index (κ3) is 3.19. The third-order valence-electron chi connectivity index (χ3n) is 4.05. The number of para-hydroxylation sites is 1. The number of benzene rings is 1. The molecule has 5 nitrogen and oxygen atoms in total. The highest BCUT2D eigenvalue weighted by Crippen LogP contribution is 2.27. The summed E-state index contributed by atoms with van der Waals surface area (Å²) >= 11 is 0. The largest absolute Gasteiger partial charge is 0.392 e. The maximum Gasteiger partial charge on any atom is 0.259 e. The van der Waals surface area contributed by atoms with Gasteiger partial charge in [-0.1, -0.05) is 18.2 Å². The van der Waals surface area contributed by atoms with Gasteiger partial charge in [0, 0.05) is 24.5 Å². The Morgan fingerprint density at radius 3 is 2.83 bits per heavy atom. The summed E-state index contributed by atoms with van der Waals surface area (Å²) < 4.78 is 1.38. The number of aliphatic hydroxyl groups excluding tert-OH is 1. The van der Waals surface area contributed by atoms with E-state index in [-0.39, 0.29) is 18.0 Å². The number of aliphatic hydroxyl groups is 1. The quantitative estimate of drug-likeness (QED) is 0.940. The van der Waals surface area contributed by atoms with Gasteiger partial charge in [0.2, 0.25) is 0 Å². The Balaban J connectivity index is 1.94. The van der Waals surface area contributed by atoms with Crippen molar-refractivity contribution in [3.8, 4) is 0 Å². The minimum Gasteiger partial charge on any atom is -0.392 e. The van der Waals surface area contributed by atoms with Gasteiger partial charge < -0.3 is 14.6 Å². The maximum atomic E-state index is 12.9. The molecular formula is C18H20N2O3. The second-order valence-electron chi connectivity index (χ2n) is 5.95. The molecule has 0 bridgehead atoms. The molecule has 120 valence electrons. The number of hydrogen-bond acceptors (Lipinski definition) is 3. The van der Waals surface area contributed by atoms with Gasteiger partial charge in [-0.3, -0.25) is 9.59 Å². The molecule has 0 aliphatic carbocycles. The summed E-state index contributed by atoms with van der Waals surface area (Å²) in [5, 5.41) is 9.48. The van der Waals surface area contributed by atoms with Crippen LogP contribution in [-0.4, -0.2) is 28.2 Å². The molecule has 1 unspecified atom stereocenters. The Kier molecular flexibility index (Phi) is 4.30. The van der Waals surface area contributed by atoms with Crippen molar-refractivity contribution in [2.75, 3.05) is 11.4 Å². The Morgan fingerprint density at radius 2 is 2.04 bits per heavy atom. The molecule has 2 heterocycles. The molecule has 1 atom stereocenters. The van der Waals surface area contributed by atoms with Crippen molar-refractivity contribution in [3.63, 3.8) is 0 Å². The first-order valence-corrected chi connectivity index (χ1v) is 7.84. The predicted octanol–water partition coefficient (Wildman–Crippen LogP) is 1.82. The number of aromatic nitrogens is 1. The smallest absolute Gasteiger partial charge is 0.259 e. The summed E-state index contributed by atoms with van der Waals surface area (Å²) in [6.45, 7) is 2.46. The monoisotopic (exact) mass is 312 g/mol. The number of rotatable bonds is 3. The zero-order valence-electron chi connectivity index (χ0n) is 13.1. The number of fused-ring (bicyclic) bond motifs is 1. The van der Waals surface area contributed by atoms with E-state index in [4.69, 9.17) is 0 Å². The fourth-order valence-electron chi connectivity index (χ4n) is 2.99. The molecule has 1 aliphatic heterocycles. The number of anilines is 1. The lowest BCUT2D eigenvalue weighted by Gasteiger charge is -2.29. The average Bonchev–Trinajstić information content (AvgIpc) is 2.55. The number of pyridine rings is 1. The highest BCUT2D eigenvalue weighted by Gasteiger charge is 2.23. The highest BCUT2D eigenvalue weighted by atomic mass is 16.3. The van der Waals surface area contributed by atoms with E-state index in [9.17, 15) is 14.7 Å². The molecule has 0 saturated carbocycles. The lowest BCUT2D eigenvalue weighted by atomic mass is 10.0. The van der Waals surface area contributed by atoms with E-state index in [0.29, 0.717) is 12.1 Å². The van der Waals surface area contributed by atoms with E-state index < -0.39 is 6.10 Å². The number of aryl methyl sites for hydroxylation is 1. The summed E-state index contributed by atoms with van der Waals surface area (Å²) in [5.41, 5.74) is 2.35. The van der Waals surface area contributed by atoms with Gasteiger partial charge in [-0.15, -0.1) is 0 Å². The Hall–Kier alpha value is -2.40. The molecule has 5 heteroatoms. The number of amides is 1. The number of carbonyl (C=O) groups excluding carboxylic acids is 1. The van der Waals surface area contributed by atoms with Crippen LogP contribution in [0.1, 0.15) is 29.3 Å². The van der Waals surface area contributed by atoms with Crippen LogP contribution in [0, 0.1) is 0 Å². The minimum atomic E-state index is -0.645. The van der Waals surface area contributed by atoms with E-state index in [1.54, 1.807) is 17.9 Å². The topological polar surface area (TPSA) is 62.5 Å². The van der Waals surface area contributed by atoms with Gasteiger partial charge in [0.05, 0.1) is 18.2 Å². The normalized spacial score (nSPS) is 15.1. The van der Waals surface area contributed by atoms with Crippen LogP contribution in [0.25, 0.3) is 0 Å². The van der Waals surface area contributed by atoms with Crippen LogP contribution in [0.2, 0.25) is 0 Å². The Bertz CT molecular complexity index is 780. The lowest BCUT2D eigenvalue weighted by molar-refractivity contribution is 0.0983. The van der Waals surface area contributed by atoms with E-state index in [1.165, 1.54) is 22.4 Å². The SMILES string of the molecule is CC(O)Cn1cc(C(=O)N2CCCc3ccccc32)ccc1=O. The van der Waals surface area contributed by atoms with Gasteiger partial charge in [-0.2, -0.15) is 0 Å². The predicted molar refractivity (Wildman–Crippen MR) is 88.8 cm³/mol. The molecule has 0 radical (unpaired) electrons. The Morgan fingerprint density at radius 1 is 1.26 bits per heavy atom. The first kappa shape index (κ1) is 15.5. The summed E-state index contributed by atoms with van der Waals surface area (Å²) in [4.78, 5) is 26.5. The molecule has 0 saturated heterocycles. The summed E-state index contributed by atoms with van der Waals surface area (Å²) in [7, 11) is 0. The summed E-state index contributed by atoms with van der Waals surface area (Å²) in [5.74, 6) is -0.114. The fourth-order valence-corrected chi connectivity index (χ4v) is 2.99. The first-order chi connectivity index (χ1) is 11.1. The summed E-state index contributed by atoms with van der Waals surface area (Å²) in [6.07, 6.45) is 2.79. The Labute approximate surface area is 134 Å². The van der Waals surface area contributed by atoms with Gasteiger partial charge in [-0.05, 0) is 37.5 Å². The number of carbonyl (C=O) groups is 1. The van der Waals surface area contributed by atoms with Crippen molar-refractivity contribution in [2.45, 2.75) is 32.4 Å². The molecule has 0 fully saturated rings. The van der Waals surface area contributed by atoms with Gasteiger partial charge >= 0.3 is 0 Å². The molecule has 1 aliphatic rings. The lowest BCUT2D eigenvalue weighted by Crippen LogP contribution is -2.36. The molecule has 1 N–H and O–H groups in total. The molecule has 3 rings (SSSR count). The zero-order chi connectivity index (χ0) is 16.4. The van der Waals surface area contributed by atoms with Crippen LogP contribution in [-0.2, 0) is 13.0 Å². The molecule has 2 aromatic rings. The van der Waals surface area contributed by atoms with Gasteiger partial charge in [0.25, 0.3) is 11.5 Å². The second-order valence-corrected chi connectivity index (χ2v) is 5.95. The zero-order valence-corrected chi connectivity index (χ0v) is 13.1. The molecule has 1 aromatic carbocycles. The van der Waals surface area contributed by atoms with Crippen LogP contribution < -0.4 is 10.5 Å². The maximum absolute atomic E-state index is 12.9. The summed E-state index contributed by atoms with van der Waals surface area (Å²) in [6, 6.07) is 10.8. The van der Waals surface area contributed by atoms with Crippen molar-refractivity contribution in [3.05, 3.63) is 64.1 Å². The van der Waals surface area contributed by atoms with Crippen LogP contribution in [0.3, 0.4) is 0 Å². The minimum absolute atomic E-state index is 0.114. The third-order valence-corrected chi connectivity index (χ3v) is 4.05. The second kappa shape index (κ2) is 6.38. The van der Waals surface area contributed by atoms with E-state index in [2.05, 4.69) is 0 Å². The molecular weight excluding hydrogens is 292 g/mol. The number of hydrogen-bond donors (Lipinski definition) is 1. The van der Waals surface area contributed by atoms with Crippen molar-refractivity contribution in [1.82, 2.24) is 4.57 Å². The fraction of sp³-hybridized carbons (Fsp3) is 0.333. The number of nitrogens with zero attached hydrogens (tertiary/aromatic N) is 2. The molecule has 23 heavy (non-hydrogen) atoms. The van der Waals surface area contributed by atoms with Gasteiger partial charge in [0.15, 0.2) is 0 Å². The van der Waals surface area contributed by atoms with Crippen LogP contribution in [0.5, 0.6) is 0 Å². The van der Waals surface area contributed by atoms with Crippen LogP contribution in [0.4, 0.5) is 5.69 Å². The molecule has 1 aromatic heterocycles. The van der Waals surface area contributed by atoms with Crippen molar-refractivity contribution in [1.29, 1.82) is 0 Å².